The Morgan fingerprint density at radius 2 is 1.74 bits per heavy atom. The molecule has 3 heterocycles. The monoisotopic (exact) mass is 474 g/mol. The maximum absolute atomic E-state index is 9.32. The molecule has 0 fully saturated rings. The second kappa shape index (κ2) is 10.2. The number of rotatable bonds is 10. The van der Waals surface area contributed by atoms with Gasteiger partial charge >= 0.3 is 6.10 Å². The molecule has 0 bridgehead atoms. The first-order valence-corrected chi connectivity index (χ1v) is 11.6. The third-order valence-corrected chi connectivity index (χ3v) is 5.63. The maximum Gasteiger partial charge on any atom is 0.389 e. The highest BCUT2D eigenvalue weighted by molar-refractivity contribution is 5.89. The summed E-state index contributed by atoms with van der Waals surface area (Å²) in [6, 6.07) is 11.6. The van der Waals surface area contributed by atoms with Gasteiger partial charge in [0, 0.05) is 53.9 Å². The first-order valence-electron chi connectivity index (χ1n) is 11.6. The number of benzene rings is 1. The molecule has 0 saturated heterocycles. The van der Waals surface area contributed by atoms with E-state index in [2.05, 4.69) is 45.7 Å². The molecule has 0 radical (unpaired) electrons. The Morgan fingerprint density at radius 3 is 2.43 bits per heavy atom. The Hall–Kier alpha value is -3.79. The molecule has 0 aliphatic rings. The van der Waals surface area contributed by atoms with E-state index in [-0.39, 0.29) is 0 Å². The summed E-state index contributed by atoms with van der Waals surface area (Å²) in [6.45, 7) is 10.4. The van der Waals surface area contributed by atoms with Gasteiger partial charge in [-0.3, -0.25) is 0 Å². The zero-order valence-electron chi connectivity index (χ0n) is 19.9. The van der Waals surface area contributed by atoms with Crippen LogP contribution >= 0.6 is 0 Å². The molecule has 0 saturated carbocycles. The molecule has 0 atom stereocenters. The number of hydrogen-bond acceptors (Lipinski definition) is 8. The van der Waals surface area contributed by atoms with Crippen LogP contribution in [0.2, 0.25) is 0 Å². The molecular formula is C26H30N6O3. The third kappa shape index (κ3) is 5.65. The van der Waals surface area contributed by atoms with Gasteiger partial charge in [-0.15, -0.1) is 0 Å². The van der Waals surface area contributed by atoms with Crippen LogP contribution in [0.3, 0.4) is 0 Å². The lowest BCUT2D eigenvalue weighted by atomic mass is 10.0. The summed E-state index contributed by atoms with van der Waals surface area (Å²) in [5.41, 5.74) is 3.08. The largest absolute Gasteiger partial charge is 0.389 e. The number of aliphatic hydroxyl groups is 3. The number of hydrogen-bond donors (Lipinski definition) is 4. The predicted octanol–water partition coefficient (Wildman–Crippen LogP) is 3.75. The number of nitrogens with zero attached hydrogens (tertiary/aromatic N) is 5. The van der Waals surface area contributed by atoms with Crippen molar-refractivity contribution in [3.8, 4) is 11.1 Å². The average molecular weight is 475 g/mol. The number of nitrogens with one attached hydrogen (secondary N) is 1. The van der Waals surface area contributed by atoms with Crippen molar-refractivity contribution in [1.82, 2.24) is 19.7 Å². The SMILES string of the molecule is C=C(Nc1cc2cc(-c3cnn(C(O)(O)O)c3)ccc2cn1)c1ccnc(N(CCC)CCC)c1. The molecule has 9 heteroatoms. The van der Waals surface area contributed by atoms with Gasteiger partial charge in [-0.25, -0.2) is 9.97 Å². The second-order valence-corrected chi connectivity index (χ2v) is 8.40. The van der Waals surface area contributed by atoms with Gasteiger partial charge in [-0.2, -0.15) is 9.78 Å². The van der Waals surface area contributed by atoms with Crippen LogP contribution in [-0.2, 0) is 6.10 Å². The van der Waals surface area contributed by atoms with E-state index in [1.165, 1.54) is 12.4 Å². The summed E-state index contributed by atoms with van der Waals surface area (Å²) in [5.74, 6) is 1.58. The zero-order chi connectivity index (χ0) is 25.0. The topological polar surface area (TPSA) is 120 Å². The Bertz CT molecular complexity index is 1320. The van der Waals surface area contributed by atoms with Crippen molar-refractivity contribution in [2.75, 3.05) is 23.3 Å². The first kappa shape index (κ1) is 24.3. The van der Waals surface area contributed by atoms with E-state index >= 15 is 0 Å². The van der Waals surface area contributed by atoms with Gasteiger partial charge in [0.1, 0.15) is 11.6 Å². The van der Waals surface area contributed by atoms with Crippen LogP contribution in [0.5, 0.6) is 0 Å². The van der Waals surface area contributed by atoms with E-state index in [4.69, 9.17) is 0 Å². The van der Waals surface area contributed by atoms with Gasteiger partial charge in [-0.05, 0) is 48.1 Å². The lowest BCUT2D eigenvalue weighted by Gasteiger charge is -2.23. The molecule has 0 spiro atoms. The fourth-order valence-electron chi connectivity index (χ4n) is 3.91. The van der Waals surface area contributed by atoms with Crippen molar-refractivity contribution in [3.63, 3.8) is 0 Å². The molecule has 4 aromatic rings. The van der Waals surface area contributed by atoms with E-state index in [9.17, 15) is 15.3 Å². The van der Waals surface area contributed by atoms with E-state index < -0.39 is 6.10 Å². The van der Waals surface area contributed by atoms with Gasteiger partial charge in [0.25, 0.3) is 0 Å². The minimum atomic E-state index is -3.05. The molecule has 4 rings (SSSR count). The molecule has 9 nitrogen and oxygen atoms in total. The highest BCUT2D eigenvalue weighted by Gasteiger charge is 2.22. The number of anilines is 2. The quantitative estimate of drug-likeness (QED) is 0.257. The van der Waals surface area contributed by atoms with Crippen LogP contribution in [0.15, 0.2) is 67.8 Å². The van der Waals surface area contributed by atoms with Crippen LogP contribution in [0, 0.1) is 0 Å². The van der Waals surface area contributed by atoms with Gasteiger partial charge in [0.15, 0.2) is 0 Å². The minimum Gasteiger partial charge on any atom is -0.357 e. The third-order valence-electron chi connectivity index (χ3n) is 5.63. The van der Waals surface area contributed by atoms with Gasteiger partial charge in [0.2, 0.25) is 0 Å². The van der Waals surface area contributed by atoms with Crippen molar-refractivity contribution in [2.45, 2.75) is 32.8 Å². The van der Waals surface area contributed by atoms with E-state index in [0.717, 1.165) is 59.3 Å². The standard InChI is InChI=1S/C26H30N6O3/c1-4-10-31(11-5-2)25-14-19(8-9-27-25)18(3)30-24-13-22-12-20(6-7-21(22)15-28-24)23-16-29-32(17-23)26(33,34)35/h6-9,12-17,33-35H,3-5,10-11H2,1-2H3,(H,28,30). The van der Waals surface area contributed by atoms with Crippen LogP contribution in [0.25, 0.3) is 27.6 Å². The van der Waals surface area contributed by atoms with Crippen LogP contribution < -0.4 is 10.2 Å². The predicted molar refractivity (Wildman–Crippen MR) is 137 cm³/mol. The summed E-state index contributed by atoms with van der Waals surface area (Å²) in [7, 11) is 0. The highest BCUT2D eigenvalue weighted by Crippen LogP contribution is 2.27. The summed E-state index contributed by atoms with van der Waals surface area (Å²) in [4.78, 5) is 11.3. The number of fused-ring (bicyclic) bond motifs is 1. The van der Waals surface area contributed by atoms with E-state index in [0.29, 0.717) is 16.1 Å². The van der Waals surface area contributed by atoms with Crippen LogP contribution in [-0.4, -0.2) is 48.2 Å². The van der Waals surface area contributed by atoms with Crippen molar-refractivity contribution in [3.05, 3.63) is 73.3 Å². The van der Waals surface area contributed by atoms with Crippen molar-refractivity contribution < 1.29 is 15.3 Å². The van der Waals surface area contributed by atoms with Gasteiger partial charge in [0.05, 0.1) is 6.20 Å². The number of pyridine rings is 2. The molecule has 0 aliphatic carbocycles. The fraction of sp³-hybridized carbons (Fsp3) is 0.269. The lowest BCUT2D eigenvalue weighted by molar-refractivity contribution is -0.380. The number of aromatic nitrogens is 4. The van der Waals surface area contributed by atoms with Gasteiger partial charge in [-0.1, -0.05) is 32.6 Å². The fourth-order valence-corrected chi connectivity index (χ4v) is 3.91. The van der Waals surface area contributed by atoms with Crippen molar-refractivity contribution in [1.29, 1.82) is 0 Å². The van der Waals surface area contributed by atoms with Crippen molar-refractivity contribution >= 4 is 28.1 Å². The molecule has 35 heavy (non-hydrogen) atoms. The Labute approximate surface area is 204 Å². The summed E-state index contributed by atoms with van der Waals surface area (Å²) >= 11 is 0. The van der Waals surface area contributed by atoms with E-state index in [1.807, 2.05) is 36.4 Å². The Kier molecular flexibility index (Phi) is 7.11. The molecule has 1 aromatic carbocycles. The van der Waals surface area contributed by atoms with Crippen LogP contribution in [0.1, 0.15) is 32.3 Å². The maximum atomic E-state index is 9.32. The smallest absolute Gasteiger partial charge is 0.357 e. The molecule has 0 amide bonds. The van der Waals surface area contributed by atoms with E-state index in [1.54, 1.807) is 12.4 Å². The summed E-state index contributed by atoms with van der Waals surface area (Å²) < 4.78 is 0.668. The van der Waals surface area contributed by atoms with Crippen molar-refractivity contribution in [2.24, 2.45) is 0 Å². The molecular weight excluding hydrogens is 444 g/mol. The summed E-state index contributed by atoms with van der Waals surface area (Å²) in [5, 5.41) is 36.9. The lowest BCUT2D eigenvalue weighted by Crippen LogP contribution is -2.32. The molecule has 0 unspecified atom stereocenters. The van der Waals surface area contributed by atoms with Gasteiger partial charge < -0.3 is 25.5 Å². The van der Waals surface area contributed by atoms with Crippen LogP contribution in [0.4, 0.5) is 11.6 Å². The second-order valence-electron chi connectivity index (χ2n) is 8.40. The summed E-state index contributed by atoms with van der Waals surface area (Å²) in [6.07, 6.45) is 5.43. The minimum absolute atomic E-state index is 0.622. The Balaban J connectivity index is 1.56. The molecule has 3 aromatic heterocycles. The molecule has 4 N–H and O–H groups in total. The molecule has 0 aliphatic heterocycles. The normalized spacial score (nSPS) is 11.6. The highest BCUT2D eigenvalue weighted by atomic mass is 16.7. The Morgan fingerprint density at radius 1 is 0.971 bits per heavy atom. The molecule has 182 valence electrons. The zero-order valence-corrected chi connectivity index (χ0v) is 19.9. The first-order chi connectivity index (χ1) is 16.8. The average Bonchev–Trinajstić information content (AvgIpc) is 3.35.